The third-order valence-corrected chi connectivity index (χ3v) is 6.24. The van der Waals surface area contributed by atoms with E-state index in [9.17, 15) is 0 Å². The van der Waals surface area contributed by atoms with Gasteiger partial charge in [0.05, 0.1) is 0 Å². The molecule has 0 aromatic heterocycles. The van der Waals surface area contributed by atoms with E-state index in [4.69, 9.17) is 0 Å². The fraction of sp³-hybridized carbons (Fsp3) is 0.692. The summed E-state index contributed by atoms with van der Waals surface area (Å²) in [5, 5.41) is 0. The fourth-order valence-corrected chi connectivity index (χ4v) is 4.45. The molecule has 0 spiro atoms. The van der Waals surface area contributed by atoms with Crippen molar-refractivity contribution in [2.75, 3.05) is 0 Å². The molecule has 1 saturated carbocycles. The molecule has 2 atom stereocenters. The van der Waals surface area contributed by atoms with E-state index in [2.05, 4.69) is 66.3 Å². The van der Waals surface area contributed by atoms with Crippen LogP contribution in [0.1, 0.15) is 92.9 Å². The molecule has 146 valence electrons. The highest BCUT2D eigenvalue weighted by Gasteiger charge is 2.47. The molecule has 0 nitrogen and oxygen atoms in total. The Bertz CT molecular complexity index is 579. The minimum Gasteiger partial charge on any atom is -0.0995 e. The van der Waals surface area contributed by atoms with Gasteiger partial charge in [0.2, 0.25) is 0 Å². The Hall–Kier alpha value is -1.04. The lowest BCUT2D eigenvalue weighted by Crippen LogP contribution is -2.04. The van der Waals surface area contributed by atoms with Gasteiger partial charge in [-0.15, -0.1) is 0 Å². The van der Waals surface area contributed by atoms with Crippen LogP contribution < -0.4 is 0 Å². The van der Waals surface area contributed by atoms with Crippen molar-refractivity contribution in [3.63, 3.8) is 0 Å². The number of rotatable bonds is 8. The van der Waals surface area contributed by atoms with Gasteiger partial charge in [-0.1, -0.05) is 83.9 Å². The van der Waals surface area contributed by atoms with Gasteiger partial charge in [0.1, 0.15) is 0 Å². The van der Waals surface area contributed by atoms with E-state index in [-0.39, 0.29) is 0 Å². The van der Waals surface area contributed by atoms with E-state index >= 15 is 0 Å². The Kier molecular flexibility index (Phi) is 7.56. The molecule has 0 heterocycles. The van der Waals surface area contributed by atoms with Gasteiger partial charge in [0.25, 0.3) is 0 Å². The molecule has 0 aromatic carbocycles. The van der Waals surface area contributed by atoms with Crippen LogP contribution in [0.2, 0.25) is 0 Å². The summed E-state index contributed by atoms with van der Waals surface area (Å²) < 4.78 is 0. The van der Waals surface area contributed by atoms with Gasteiger partial charge in [0, 0.05) is 0 Å². The second kappa shape index (κ2) is 9.25. The summed E-state index contributed by atoms with van der Waals surface area (Å²) in [5.74, 6) is 2.19. The number of allylic oxidation sites excluding steroid dienone is 7. The van der Waals surface area contributed by atoms with Gasteiger partial charge in [-0.3, -0.25) is 0 Å². The van der Waals surface area contributed by atoms with Crippen LogP contribution in [0.15, 0.2) is 47.1 Å². The summed E-state index contributed by atoms with van der Waals surface area (Å²) in [6.45, 7) is 18.5. The van der Waals surface area contributed by atoms with Crippen LogP contribution >= 0.6 is 0 Å². The van der Waals surface area contributed by atoms with Gasteiger partial charge in [-0.2, -0.15) is 0 Å². The first-order valence-electron chi connectivity index (χ1n) is 11.0. The van der Waals surface area contributed by atoms with E-state index < -0.39 is 0 Å². The van der Waals surface area contributed by atoms with Crippen LogP contribution in [-0.2, 0) is 0 Å². The van der Waals surface area contributed by atoms with Crippen molar-refractivity contribution in [2.45, 2.75) is 92.9 Å². The molecule has 2 aliphatic rings. The van der Waals surface area contributed by atoms with Gasteiger partial charge in [-0.25, -0.2) is 0 Å². The fourth-order valence-electron chi connectivity index (χ4n) is 4.45. The molecule has 0 heteroatoms. The van der Waals surface area contributed by atoms with Crippen molar-refractivity contribution in [3.8, 4) is 0 Å². The lowest BCUT2D eigenvalue weighted by Gasteiger charge is -2.20. The molecule has 1 fully saturated rings. The largest absolute Gasteiger partial charge is 0.0995 e. The highest BCUT2D eigenvalue weighted by atomic mass is 14.5. The molecule has 2 unspecified atom stereocenters. The quantitative estimate of drug-likeness (QED) is 0.384. The maximum atomic E-state index is 4.34. The summed E-state index contributed by atoms with van der Waals surface area (Å²) in [7, 11) is 0. The predicted molar refractivity (Wildman–Crippen MR) is 117 cm³/mol. The summed E-state index contributed by atoms with van der Waals surface area (Å²) in [6.07, 6.45) is 17.5. The molecule has 0 N–H and O–H groups in total. The van der Waals surface area contributed by atoms with Gasteiger partial charge in [-0.05, 0) is 79.3 Å². The minimum atomic E-state index is 0.493. The Labute approximate surface area is 163 Å². The summed E-state index contributed by atoms with van der Waals surface area (Å²) in [6, 6.07) is 0. The average molecular weight is 355 g/mol. The lowest BCUT2D eigenvalue weighted by molar-refractivity contribution is 0.553. The minimum absolute atomic E-state index is 0.493. The van der Waals surface area contributed by atoms with E-state index in [1.807, 2.05) is 0 Å². The van der Waals surface area contributed by atoms with Gasteiger partial charge < -0.3 is 0 Å². The molecule has 0 radical (unpaired) electrons. The first-order valence-corrected chi connectivity index (χ1v) is 11.0. The molecule has 0 aliphatic heterocycles. The summed E-state index contributed by atoms with van der Waals surface area (Å²) >= 11 is 0. The highest BCUT2D eigenvalue weighted by molar-refractivity contribution is 5.45. The third kappa shape index (κ3) is 6.00. The second-order valence-electron chi connectivity index (χ2n) is 9.84. The maximum Gasteiger partial charge on any atom is -0.0105 e. The van der Waals surface area contributed by atoms with Crippen molar-refractivity contribution < 1.29 is 0 Å². The summed E-state index contributed by atoms with van der Waals surface area (Å²) in [4.78, 5) is 0. The monoisotopic (exact) mass is 354 g/mol. The molecule has 0 saturated heterocycles. The zero-order chi connectivity index (χ0) is 19.3. The first kappa shape index (κ1) is 21.3. The third-order valence-electron chi connectivity index (χ3n) is 6.24. The van der Waals surface area contributed by atoms with Gasteiger partial charge >= 0.3 is 0 Å². The zero-order valence-electron chi connectivity index (χ0n) is 18.3. The summed E-state index contributed by atoms with van der Waals surface area (Å²) in [5.41, 5.74) is 6.68. The van der Waals surface area contributed by atoms with Crippen LogP contribution in [-0.4, -0.2) is 0 Å². The Balaban J connectivity index is 2.36. The SMILES string of the molecule is C=C1CCC=C(C(=CC(CC)CCC)CC(C)C)C=C(C2CC2(C)C)C1. The molecular formula is C26H42. The lowest BCUT2D eigenvalue weighted by atomic mass is 9.85. The molecule has 26 heavy (non-hydrogen) atoms. The zero-order valence-corrected chi connectivity index (χ0v) is 18.3. The molecule has 0 aromatic rings. The predicted octanol–water partition coefficient (Wildman–Crippen LogP) is 8.42. The van der Waals surface area contributed by atoms with Crippen LogP contribution in [0.3, 0.4) is 0 Å². The maximum absolute atomic E-state index is 4.34. The number of hydrogen-bond donors (Lipinski definition) is 0. The van der Waals surface area contributed by atoms with E-state index in [1.165, 1.54) is 43.3 Å². The Morgan fingerprint density at radius 2 is 2.00 bits per heavy atom. The molecular weight excluding hydrogens is 312 g/mol. The second-order valence-corrected chi connectivity index (χ2v) is 9.84. The van der Waals surface area contributed by atoms with Crippen molar-refractivity contribution in [1.29, 1.82) is 0 Å². The highest BCUT2D eigenvalue weighted by Crippen LogP contribution is 2.57. The van der Waals surface area contributed by atoms with Crippen molar-refractivity contribution >= 4 is 0 Å². The molecule has 0 amide bonds. The normalized spacial score (nSPS) is 24.7. The Morgan fingerprint density at radius 1 is 1.31 bits per heavy atom. The van der Waals surface area contributed by atoms with Crippen LogP contribution in [0.25, 0.3) is 0 Å². The topological polar surface area (TPSA) is 0 Å². The molecule has 2 rings (SSSR count). The smallest absolute Gasteiger partial charge is 0.0105 e. The Morgan fingerprint density at radius 3 is 2.54 bits per heavy atom. The van der Waals surface area contributed by atoms with Crippen LogP contribution in [0.4, 0.5) is 0 Å². The van der Waals surface area contributed by atoms with Crippen molar-refractivity contribution in [3.05, 3.63) is 47.1 Å². The van der Waals surface area contributed by atoms with E-state index in [0.29, 0.717) is 11.3 Å². The molecule has 0 bridgehead atoms. The van der Waals surface area contributed by atoms with E-state index in [0.717, 1.165) is 31.1 Å². The van der Waals surface area contributed by atoms with Crippen molar-refractivity contribution in [1.82, 2.24) is 0 Å². The van der Waals surface area contributed by atoms with Crippen LogP contribution in [0, 0.1) is 23.2 Å². The van der Waals surface area contributed by atoms with Gasteiger partial charge in [0.15, 0.2) is 0 Å². The molecule has 2 aliphatic carbocycles. The standard InChI is InChI=1S/C26H42/c1-8-11-21(9-2)16-23(14-19(3)4)22-13-10-12-20(5)15-24(17-22)25-18-26(25,6)7/h13,16-17,19,21,25H,5,8-12,14-15,18H2,1-4,6-7H3. The van der Waals surface area contributed by atoms with E-state index in [1.54, 1.807) is 11.1 Å². The van der Waals surface area contributed by atoms with Crippen molar-refractivity contribution in [2.24, 2.45) is 23.2 Å². The average Bonchev–Trinajstić information content (AvgIpc) is 3.17. The van der Waals surface area contributed by atoms with Crippen LogP contribution in [0.5, 0.6) is 0 Å². The number of hydrogen-bond acceptors (Lipinski definition) is 0. The first-order chi connectivity index (χ1) is 12.3.